The molecule has 0 saturated carbocycles. The molecule has 2 unspecified atom stereocenters. The van der Waals surface area contributed by atoms with E-state index in [4.69, 9.17) is 5.73 Å². The van der Waals surface area contributed by atoms with E-state index in [0.717, 1.165) is 25.3 Å². The number of rotatable bonds is 3. The monoisotopic (exact) mass is 292 g/mol. The van der Waals surface area contributed by atoms with Gasteiger partial charge in [-0.15, -0.1) is 12.4 Å². The summed E-state index contributed by atoms with van der Waals surface area (Å²) < 4.78 is 2.01. The number of nitrogens with two attached hydrogens (primary N) is 1. The molecule has 20 heavy (non-hydrogen) atoms. The number of benzene rings is 1. The lowest BCUT2D eigenvalue weighted by atomic mass is 10.1. The highest BCUT2D eigenvalue weighted by atomic mass is 35.5. The van der Waals surface area contributed by atoms with Gasteiger partial charge in [0, 0.05) is 43.8 Å². The van der Waals surface area contributed by atoms with Crippen molar-refractivity contribution in [1.29, 1.82) is 0 Å². The minimum Gasteiger partial charge on any atom is -0.326 e. The highest BCUT2D eigenvalue weighted by Crippen LogP contribution is 2.18. The van der Waals surface area contributed by atoms with Gasteiger partial charge >= 0.3 is 0 Å². The quantitative estimate of drug-likeness (QED) is 0.942. The van der Waals surface area contributed by atoms with Crippen LogP contribution in [0.1, 0.15) is 12.5 Å². The molecule has 2 atom stereocenters. The minimum absolute atomic E-state index is 0. The molecule has 5 heteroatoms. The van der Waals surface area contributed by atoms with Crippen LogP contribution in [0.5, 0.6) is 0 Å². The number of nitrogens with zero attached hydrogens (tertiary/aromatic N) is 3. The van der Waals surface area contributed by atoms with Gasteiger partial charge in [-0.3, -0.25) is 4.90 Å². The van der Waals surface area contributed by atoms with Crippen LogP contribution in [-0.2, 0) is 6.54 Å². The largest absolute Gasteiger partial charge is 0.326 e. The van der Waals surface area contributed by atoms with Crippen molar-refractivity contribution in [2.75, 3.05) is 13.1 Å². The number of aromatic nitrogens is 2. The predicted molar refractivity (Wildman–Crippen MR) is 83.2 cm³/mol. The predicted octanol–water partition coefficient (Wildman–Crippen LogP) is 2.07. The second kappa shape index (κ2) is 6.39. The maximum atomic E-state index is 6.06. The minimum atomic E-state index is 0. The fourth-order valence-electron chi connectivity index (χ4n) is 2.67. The third kappa shape index (κ3) is 3.20. The Morgan fingerprint density at radius 1 is 1.25 bits per heavy atom. The molecule has 0 aliphatic carbocycles. The smallest absolute Gasteiger partial charge is 0.0991 e. The van der Waals surface area contributed by atoms with E-state index in [0.29, 0.717) is 12.0 Å². The molecule has 2 aromatic rings. The fourth-order valence-corrected chi connectivity index (χ4v) is 2.67. The second-order valence-corrected chi connectivity index (χ2v) is 5.47. The molecule has 2 N–H and O–H groups in total. The van der Waals surface area contributed by atoms with E-state index < -0.39 is 0 Å². The Morgan fingerprint density at radius 3 is 2.55 bits per heavy atom. The zero-order valence-electron chi connectivity index (χ0n) is 11.6. The number of halogens is 1. The Morgan fingerprint density at radius 2 is 2.00 bits per heavy atom. The van der Waals surface area contributed by atoms with Crippen molar-refractivity contribution in [3.63, 3.8) is 0 Å². The van der Waals surface area contributed by atoms with Gasteiger partial charge in [0.25, 0.3) is 0 Å². The second-order valence-electron chi connectivity index (χ2n) is 5.47. The molecule has 2 heterocycles. The number of imidazole rings is 1. The molecule has 1 aromatic heterocycles. The van der Waals surface area contributed by atoms with Crippen molar-refractivity contribution >= 4 is 12.4 Å². The van der Waals surface area contributed by atoms with Gasteiger partial charge in [-0.2, -0.15) is 0 Å². The summed E-state index contributed by atoms with van der Waals surface area (Å²) >= 11 is 0. The maximum absolute atomic E-state index is 6.06. The third-order valence-corrected chi connectivity index (χ3v) is 3.89. The summed E-state index contributed by atoms with van der Waals surface area (Å²) in [5, 5.41) is 0. The van der Waals surface area contributed by atoms with Crippen LogP contribution in [-0.4, -0.2) is 33.6 Å². The van der Waals surface area contributed by atoms with Crippen molar-refractivity contribution in [2.24, 2.45) is 11.7 Å². The summed E-state index contributed by atoms with van der Waals surface area (Å²) in [5.74, 6) is 0.602. The summed E-state index contributed by atoms with van der Waals surface area (Å²) in [6, 6.07) is 8.96. The number of likely N-dealkylation sites (tertiary alicyclic amines) is 1. The van der Waals surface area contributed by atoms with Gasteiger partial charge < -0.3 is 10.3 Å². The van der Waals surface area contributed by atoms with Gasteiger partial charge in [-0.25, -0.2) is 4.98 Å². The SMILES string of the molecule is CC1CN(Cc2ccc(-n3ccnc3)cc2)CC1N.Cl. The molecule has 1 aliphatic rings. The fraction of sp³-hybridized carbons (Fsp3) is 0.400. The van der Waals surface area contributed by atoms with Crippen molar-refractivity contribution in [3.8, 4) is 5.69 Å². The van der Waals surface area contributed by atoms with Crippen LogP contribution in [0.15, 0.2) is 43.0 Å². The molecular weight excluding hydrogens is 272 g/mol. The van der Waals surface area contributed by atoms with Crippen molar-refractivity contribution in [2.45, 2.75) is 19.5 Å². The lowest BCUT2D eigenvalue weighted by Gasteiger charge is -2.15. The van der Waals surface area contributed by atoms with Gasteiger partial charge in [0.05, 0.1) is 6.33 Å². The zero-order chi connectivity index (χ0) is 13.2. The Kier molecular flexibility index (Phi) is 4.81. The first-order valence-corrected chi connectivity index (χ1v) is 6.77. The number of hydrogen-bond donors (Lipinski definition) is 1. The van der Waals surface area contributed by atoms with E-state index >= 15 is 0 Å². The summed E-state index contributed by atoms with van der Waals surface area (Å²) in [6.45, 7) is 5.32. The summed E-state index contributed by atoms with van der Waals surface area (Å²) in [6.07, 6.45) is 5.56. The lowest BCUT2D eigenvalue weighted by Crippen LogP contribution is -2.28. The van der Waals surface area contributed by atoms with Gasteiger partial charge in [-0.1, -0.05) is 19.1 Å². The van der Waals surface area contributed by atoms with E-state index in [1.807, 2.05) is 17.1 Å². The first-order valence-electron chi connectivity index (χ1n) is 6.77. The first-order chi connectivity index (χ1) is 9.22. The van der Waals surface area contributed by atoms with E-state index in [1.165, 1.54) is 5.56 Å². The molecule has 1 saturated heterocycles. The topological polar surface area (TPSA) is 47.1 Å². The van der Waals surface area contributed by atoms with Crippen molar-refractivity contribution in [3.05, 3.63) is 48.5 Å². The van der Waals surface area contributed by atoms with Gasteiger partial charge in [0.15, 0.2) is 0 Å². The van der Waals surface area contributed by atoms with Gasteiger partial charge in [0.2, 0.25) is 0 Å². The molecule has 0 spiro atoms. The van der Waals surface area contributed by atoms with Crippen molar-refractivity contribution < 1.29 is 0 Å². The molecule has 1 aromatic carbocycles. The van der Waals surface area contributed by atoms with Crippen LogP contribution >= 0.6 is 12.4 Å². The van der Waals surface area contributed by atoms with E-state index in [-0.39, 0.29) is 12.4 Å². The molecule has 0 bridgehead atoms. The van der Waals surface area contributed by atoms with Crippen LogP contribution in [0, 0.1) is 5.92 Å². The van der Waals surface area contributed by atoms with Gasteiger partial charge in [0.1, 0.15) is 0 Å². The van der Waals surface area contributed by atoms with Crippen LogP contribution < -0.4 is 5.73 Å². The molecule has 3 rings (SSSR count). The summed E-state index contributed by atoms with van der Waals surface area (Å²) in [4.78, 5) is 6.49. The molecule has 1 fully saturated rings. The van der Waals surface area contributed by atoms with Crippen molar-refractivity contribution in [1.82, 2.24) is 14.5 Å². The summed E-state index contributed by atoms with van der Waals surface area (Å²) in [5.41, 5.74) is 8.54. The normalized spacial score (nSPS) is 22.7. The Balaban J connectivity index is 0.00000147. The van der Waals surface area contributed by atoms with Crippen LogP contribution in [0.4, 0.5) is 0 Å². The van der Waals surface area contributed by atoms with E-state index in [2.05, 4.69) is 41.1 Å². The molecule has 108 valence electrons. The molecule has 4 nitrogen and oxygen atoms in total. The van der Waals surface area contributed by atoms with Crippen LogP contribution in [0.3, 0.4) is 0 Å². The Bertz CT molecular complexity index is 513. The standard InChI is InChI=1S/C15H20N4.ClH/c1-12-8-18(10-15(12)16)9-13-2-4-14(5-3-13)19-7-6-17-11-19;/h2-7,11-12,15H,8-10,16H2,1H3;1H. The molecule has 1 aliphatic heterocycles. The lowest BCUT2D eigenvalue weighted by molar-refractivity contribution is 0.319. The first kappa shape index (κ1) is 15.0. The van der Waals surface area contributed by atoms with Crippen LogP contribution in [0.2, 0.25) is 0 Å². The zero-order valence-corrected chi connectivity index (χ0v) is 12.5. The van der Waals surface area contributed by atoms with E-state index in [1.54, 1.807) is 6.20 Å². The average molecular weight is 293 g/mol. The molecular formula is C15H21ClN4. The third-order valence-electron chi connectivity index (χ3n) is 3.89. The van der Waals surface area contributed by atoms with E-state index in [9.17, 15) is 0 Å². The Labute approximate surface area is 126 Å². The highest BCUT2D eigenvalue weighted by molar-refractivity contribution is 5.85. The summed E-state index contributed by atoms with van der Waals surface area (Å²) in [7, 11) is 0. The number of hydrogen-bond acceptors (Lipinski definition) is 3. The highest BCUT2D eigenvalue weighted by Gasteiger charge is 2.26. The maximum Gasteiger partial charge on any atom is 0.0991 e. The van der Waals surface area contributed by atoms with Crippen LogP contribution in [0.25, 0.3) is 5.69 Å². The average Bonchev–Trinajstić information content (AvgIpc) is 3.02. The molecule has 0 amide bonds. The Hall–Kier alpha value is -1.36. The van der Waals surface area contributed by atoms with Gasteiger partial charge in [-0.05, 0) is 23.6 Å². The molecule has 0 radical (unpaired) electrons.